The molecule has 2 aromatic carbocycles. The Morgan fingerprint density at radius 3 is 2.52 bits per heavy atom. The lowest BCUT2D eigenvalue weighted by Crippen LogP contribution is -2.38. The zero-order valence-electron chi connectivity index (χ0n) is 15.9. The minimum atomic E-state index is -0.412. The lowest BCUT2D eigenvalue weighted by Gasteiger charge is -2.24. The van der Waals surface area contributed by atoms with Crippen molar-refractivity contribution < 1.29 is 9.18 Å². The minimum Gasteiger partial charge on any atom is -0.302 e. The van der Waals surface area contributed by atoms with E-state index in [1.165, 1.54) is 23.5 Å². The van der Waals surface area contributed by atoms with Crippen LogP contribution >= 0.6 is 11.3 Å². The van der Waals surface area contributed by atoms with Crippen molar-refractivity contribution in [2.75, 3.05) is 31.1 Å². The van der Waals surface area contributed by atoms with Crippen molar-refractivity contribution >= 4 is 32.6 Å². The van der Waals surface area contributed by atoms with E-state index in [0.717, 1.165) is 35.4 Å². The third kappa shape index (κ3) is 4.34. The van der Waals surface area contributed by atoms with Crippen LogP contribution in [0.3, 0.4) is 0 Å². The predicted molar refractivity (Wildman–Crippen MR) is 110 cm³/mol. The highest BCUT2D eigenvalue weighted by atomic mass is 32.1. The molecule has 27 heavy (non-hydrogen) atoms. The zero-order valence-corrected chi connectivity index (χ0v) is 16.7. The molecule has 0 bridgehead atoms. The van der Waals surface area contributed by atoms with Crippen LogP contribution in [0, 0.1) is 12.7 Å². The van der Waals surface area contributed by atoms with Crippen LogP contribution in [0.1, 0.15) is 29.8 Å². The summed E-state index contributed by atoms with van der Waals surface area (Å²) in [6.07, 6.45) is 0. The number of carbonyl (C=O) groups is 1. The van der Waals surface area contributed by atoms with Gasteiger partial charge in [-0.25, -0.2) is 9.37 Å². The van der Waals surface area contributed by atoms with Crippen molar-refractivity contribution in [1.29, 1.82) is 0 Å². The number of nitrogens with zero attached hydrogens (tertiary/aromatic N) is 3. The van der Waals surface area contributed by atoms with Crippen LogP contribution < -0.4 is 4.90 Å². The van der Waals surface area contributed by atoms with Crippen molar-refractivity contribution in [3.63, 3.8) is 0 Å². The summed E-state index contributed by atoms with van der Waals surface area (Å²) >= 11 is 1.50. The molecule has 0 aliphatic rings. The number of fused-ring (bicyclic) bond motifs is 1. The van der Waals surface area contributed by atoms with Gasteiger partial charge in [0.1, 0.15) is 5.82 Å². The monoisotopic (exact) mass is 385 g/mol. The number of hydrogen-bond acceptors (Lipinski definition) is 4. The van der Waals surface area contributed by atoms with Crippen LogP contribution in [-0.2, 0) is 0 Å². The third-order valence-electron chi connectivity index (χ3n) is 4.69. The van der Waals surface area contributed by atoms with Crippen LogP contribution in [0.15, 0.2) is 42.5 Å². The summed E-state index contributed by atoms with van der Waals surface area (Å²) in [5, 5.41) is 0.653. The fourth-order valence-electron chi connectivity index (χ4n) is 3.03. The van der Waals surface area contributed by atoms with E-state index in [2.05, 4.69) is 18.7 Å². The number of anilines is 1. The first-order valence-electron chi connectivity index (χ1n) is 9.19. The van der Waals surface area contributed by atoms with E-state index >= 15 is 0 Å². The van der Waals surface area contributed by atoms with Crippen molar-refractivity contribution in [2.24, 2.45) is 0 Å². The summed E-state index contributed by atoms with van der Waals surface area (Å²) in [6, 6.07) is 11.9. The SMILES string of the molecule is CCN(CC)CCN(C(=O)c1cccc(F)c1)c1nc2c(C)cccc2s1. The standard InChI is InChI=1S/C21H24FN3OS/c1-4-24(5-2)12-13-25(20(26)16-9-7-10-17(22)14-16)21-23-19-15(3)8-6-11-18(19)27-21/h6-11,14H,4-5,12-13H2,1-3H3. The summed E-state index contributed by atoms with van der Waals surface area (Å²) in [4.78, 5) is 21.8. The highest BCUT2D eigenvalue weighted by Gasteiger charge is 2.22. The number of rotatable bonds is 7. The van der Waals surface area contributed by atoms with Gasteiger partial charge in [-0.2, -0.15) is 0 Å². The summed E-state index contributed by atoms with van der Waals surface area (Å²) in [5.41, 5.74) is 2.33. The molecule has 1 heterocycles. The molecule has 3 rings (SSSR count). The van der Waals surface area contributed by atoms with Crippen molar-refractivity contribution in [3.05, 3.63) is 59.4 Å². The lowest BCUT2D eigenvalue weighted by atomic mass is 10.2. The number of benzene rings is 2. The fourth-order valence-corrected chi connectivity index (χ4v) is 4.10. The van der Waals surface area contributed by atoms with Crippen LogP contribution in [0.5, 0.6) is 0 Å². The predicted octanol–water partition coefficient (Wildman–Crippen LogP) is 4.73. The molecule has 4 nitrogen and oxygen atoms in total. The van der Waals surface area contributed by atoms with Crippen molar-refractivity contribution in [2.45, 2.75) is 20.8 Å². The Morgan fingerprint density at radius 1 is 1.11 bits per heavy atom. The van der Waals surface area contributed by atoms with Gasteiger partial charge in [-0.1, -0.05) is 43.4 Å². The number of carbonyl (C=O) groups excluding carboxylic acids is 1. The first kappa shape index (κ1) is 19.5. The van der Waals surface area contributed by atoms with Gasteiger partial charge in [0, 0.05) is 18.7 Å². The van der Waals surface area contributed by atoms with Crippen LogP contribution in [0.4, 0.5) is 9.52 Å². The number of para-hydroxylation sites is 1. The molecule has 0 atom stereocenters. The van der Waals surface area contributed by atoms with E-state index in [1.807, 2.05) is 25.1 Å². The lowest BCUT2D eigenvalue weighted by molar-refractivity contribution is 0.0983. The zero-order chi connectivity index (χ0) is 19.4. The smallest absolute Gasteiger partial charge is 0.260 e. The maximum absolute atomic E-state index is 13.6. The molecule has 0 spiro atoms. The Hall–Kier alpha value is -2.31. The molecule has 3 aromatic rings. The molecule has 0 saturated heterocycles. The van der Waals surface area contributed by atoms with Crippen LogP contribution in [0.25, 0.3) is 10.2 Å². The molecular formula is C21H24FN3OS. The fraction of sp³-hybridized carbons (Fsp3) is 0.333. The Bertz CT molecular complexity index is 936. The Kier molecular flexibility index (Phi) is 6.19. The molecule has 0 unspecified atom stereocenters. The summed E-state index contributed by atoms with van der Waals surface area (Å²) < 4.78 is 14.7. The molecule has 0 aliphatic carbocycles. The maximum atomic E-state index is 13.6. The molecule has 0 fully saturated rings. The van der Waals surface area contributed by atoms with Gasteiger partial charge in [-0.05, 0) is 49.8 Å². The van der Waals surface area contributed by atoms with E-state index in [1.54, 1.807) is 17.0 Å². The molecule has 142 valence electrons. The number of halogens is 1. The molecule has 1 amide bonds. The second kappa shape index (κ2) is 8.59. The van der Waals surface area contributed by atoms with E-state index in [9.17, 15) is 9.18 Å². The number of thiazole rings is 1. The van der Waals surface area contributed by atoms with E-state index in [4.69, 9.17) is 4.98 Å². The molecule has 0 saturated carbocycles. The Balaban J connectivity index is 1.97. The molecule has 0 N–H and O–H groups in total. The third-order valence-corrected chi connectivity index (χ3v) is 5.73. The normalized spacial score (nSPS) is 11.3. The summed E-state index contributed by atoms with van der Waals surface area (Å²) in [5.74, 6) is -0.636. The topological polar surface area (TPSA) is 36.4 Å². The first-order valence-corrected chi connectivity index (χ1v) is 10.0. The first-order chi connectivity index (χ1) is 13.0. The summed E-state index contributed by atoms with van der Waals surface area (Å²) in [6.45, 7) is 9.29. The second-order valence-corrected chi connectivity index (χ2v) is 7.42. The van der Waals surface area contributed by atoms with E-state index in [0.29, 0.717) is 17.2 Å². The quantitative estimate of drug-likeness (QED) is 0.590. The Labute approximate surface area is 163 Å². The number of likely N-dealkylation sites (N-methyl/N-ethyl adjacent to an activating group) is 1. The molecule has 0 radical (unpaired) electrons. The average Bonchev–Trinajstić information content (AvgIpc) is 3.10. The van der Waals surface area contributed by atoms with Gasteiger partial charge >= 0.3 is 0 Å². The van der Waals surface area contributed by atoms with E-state index in [-0.39, 0.29) is 5.91 Å². The molecule has 0 aliphatic heterocycles. The minimum absolute atomic E-state index is 0.224. The second-order valence-electron chi connectivity index (χ2n) is 6.41. The van der Waals surface area contributed by atoms with E-state index < -0.39 is 5.82 Å². The van der Waals surface area contributed by atoms with Crippen LogP contribution in [0.2, 0.25) is 0 Å². The van der Waals surface area contributed by atoms with Gasteiger partial charge in [-0.15, -0.1) is 0 Å². The number of aryl methyl sites for hydroxylation is 1. The van der Waals surface area contributed by atoms with Gasteiger partial charge in [0.25, 0.3) is 5.91 Å². The highest BCUT2D eigenvalue weighted by Crippen LogP contribution is 2.31. The maximum Gasteiger partial charge on any atom is 0.260 e. The van der Waals surface area contributed by atoms with Gasteiger partial charge in [-0.3, -0.25) is 9.69 Å². The Morgan fingerprint density at radius 2 is 1.85 bits per heavy atom. The molecule has 1 aromatic heterocycles. The van der Waals surface area contributed by atoms with Gasteiger partial charge in [0.2, 0.25) is 0 Å². The average molecular weight is 386 g/mol. The number of amides is 1. The number of hydrogen-bond donors (Lipinski definition) is 0. The van der Waals surface area contributed by atoms with Crippen molar-refractivity contribution in [1.82, 2.24) is 9.88 Å². The van der Waals surface area contributed by atoms with Gasteiger partial charge < -0.3 is 4.90 Å². The van der Waals surface area contributed by atoms with Gasteiger partial charge in [0.05, 0.1) is 10.2 Å². The van der Waals surface area contributed by atoms with Crippen LogP contribution in [-0.4, -0.2) is 42.0 Å². The molecular weight excluding hydrogens is 361 g/mol. The summed E-state index contributed by atoms with van der Waals surface area (Å²) in [7, 11) is 0. The number of aromatic nitrogens is 1. The largest absolute Gasteiger partial charge is 0.302 e. The highest BCUT2D eigenvalue weighted by molar-refractivity contribution is 7.22. The van der Waals surface area contributed by atoms with Gasteiger partial charge in [0.15, 0.2) is 5.13 Å². The molecule has 6 heteroatoms. The van der Waals surface area contributed by atoms with Crippen molar-refractivity contribution in [3.8, 4) is 0 Å².